The molecule has 3 atom stereocenters. The Balaban J connectivity index is 1.15. The minimum atomic E-state index is -0.928. The van der Waals surface area contributed by atoms with Gasteiger partial charge in [0.1, 0.15) is 6.04 Å². The van der Waals surface area contributed by atoms with Gasteiger partial charge in [0, 0.05) is 44.2 Å². The van der Waals surface area contributed by atoms with Crippen molar-refractivity contribution in [3.63, 3.8) is 0 Å². The van der Waals surface area contributed by atoms with Crippen LogP contribution in [0.1, 0.15) is 64.8 Å². The second-order valence-electron chi connectivity index (χ2n) is 10.3. The van der Waals surface area contributed by atoms with Crippen molar-refractivity contribution in [2.45, 2.75) is 69.2 Å². The van der Waals surface area contributed by atoms with Gasteiger partial charge in [-0.1, -0.05) is 12.1 Å². The highest BCUT2D eigenvalue weighted by molar-refractivity contribution is 6.24. The van der Waals surface area contributed by atoms with Crippen molar-refractivity contribution in [1.29, 1.82) is 0 Å². The average molecular weight is 466 g/mol. The number of hydrogen-bond donors (Lipinski definition) is 2. The minimum absolute atomic E-state index is 0.125. The average Bonchev–Trinajstić information content (AvgIpc) is 3.23. The predicted octanol–water partition coefficient (Wildman–Crippen LogP) is 0.488. The molecule has 9 nitrogen and oxygen atoms in total. The van der Waals surface area contributed by atoms with Crippen LogP contribution in [-0.2, 0) is 16.1 Å². The lowest BCUT2D eigenvalue weighted by molar-refractivity contribution is -0.136. The second kappa shape index (κ2) is 8.55. The smallest absolute Gasteiger partial charge is 0.262 e. The Morgan fingerprint density at radius 2 is 1.59 bits per heavy atom. The number of fused-ring (bicyclic) bond motifs is 3. The first-order valence-electron chi connectivity index (χ1n) is 12.5. The van der Waals surface area contributed by atoms with Crippen molar-refractivity contribution in [2.24, 2.45) is 0 Å². The van der Waals surface area contributed by atoms with Gasteiger partial charge in [-0.15, -0.1) is 0 Å². The van der Waals surface area contributed by atoms with Crippen LogP contribution in [0.2, 0.25) is 0 Å². The number of likely N-dealkylation sites (tertiary alicyclic amines) is 1. The normalized spacial score (nSPS) is 30.7. The van der Waals surface area contributed by atoms with Crippen LogP contribution in [0.4, 0.5) is 0 Å². The summed E-state index contributed by atoms with van der Waals surface area (Å²) in [6.45, 7) is 4.76. The molecule has 4 amide bonds. The maximum Gasteiger partial charge on any atom is 0.262 e. The van der Waals surface area contributed by atoms with Crippen molar-refractivity contribution in [3.8, 4) is 0 Å². The van der Waals surface area contributed by atoms with Gasteiger partial charge in [0.25, 0.3) is 11.8 Å². The summed E-state index contributed by atoms with van der Waals surface area (Å²) in [7, 11) is 0. The summed E-state index contributed by atoms with van der Waals surface area (Å²) in [6.07, 6.45) is 5.14. The van der Waals surface area contributed by atoms with E-state index in [4.69, 9.17) is 0 Å². The first-order valence-corrected chi connectivity index (χ1v) is 12.5. The summed E-state index contributed by atoms with van der Waals surface area (Å²) in [6, 6.07) is 6.45. The number of benzene rings is 1. The molecule has 34 heavy (non-hydrogen) atoms. The SMILES string of the molecule is O=C1CCC(N2C(=O)c3cccc(CN4CCC(N5C6CCC5CNC6)CC4)c3C2=O)C(=O)N1. The van der Waals surface area contributed by atoms with Crippen LogP contribution < -0.4 is 10.6 Å². The quantitative estimate of drug-likeness (QED) is 0.624. The van der Waals surface area contributed by atoms with E-state index >= 15 is 0 Å². The number of rotatable bonds is 4. The largest absolute Gasteiger partial charge is 0.314 e. The molecule has 5 heterocycles. The first-order chi connectivity index (χ1) is 16.5. The number of carbonyl (C=O) groups excluding carboxylic acids is 4. The summed E-state index contributed by atoms with van der Waals surface area (Å²) in [5, 5.41) is 5.82. The zero-order chi connectivity index (χ0) is 23.4. The molecule has 0 radical (unpaired) electrons. The van der Waals surface area contributed by atoms with E-state index in [1.807, 2.05) is 12.1 Å². The van der Waals surface area contributed by atoms with Crippen LogP contribution >= 0.6 is 0 Å². The van der Waals surface area contributed by atoms with Crippen LogP contribution in [0.25, 0.3) is 0 Å². The molecule has 1 aromatic rings. The molecule has 0 saturated carbocycles. The molecule has 180 valence electrons. The van der Waals surface area contributed by atoms with E-state index < -0.39 is 23.8 Å². The predicted molar refractivity (Wildman–Crippen MR) is 123 cm³/mol. The molecule has 2 N–H and O–H groups in total. The van der Waals surface area contributed by atoms with Crippen LogP contribution in [0.15, 0.2) is 18.2 Å². The van der Waals surface area contributed by atoms with Gasteiger partial charge in [-0.05, 0) is 56.8 Å². The van der Waals surface area contributed by atoms with Crippen molar-refractivity contribution >= 4 is 23.6 Å². The standard InChI is InChI=1S/C25H31N5O4/c31-21-7-6-20(23(32)27-21)30-24(33)19-3-1-2-15(22(19)25(30)34)14-28-10-8-16(9-11-28)29-17-4-5-18(29)13-26-12-17/h1-3,16-18,20,26H,4-14H2,(H,27,31,32). The Morgan fingerprint density at radius 3 is 2.29 bits per heavy atom. The van der Waals surface area contributed by atoms with Crippen molar-refractivity contribution in [2.75, 3.05) is 26.2 Å². The molecule has 5 aliphatic rings. The number of amides is 4. The summed E-state index contributed by atoms with van der Waals surface area (Å²) in [5.74, 6) is -1.80. The Labute approximate surface area is 198 Å². The Bertz CT molecular complexity index is 1030. The van der Waals surface area contributed by atoms with Gasteiger partial charge in [-0.2, -0.15) is 0 Å². The second-order valence-corrected chi connectivity index (χ2v) is 10.3. The lowest BCUT2D eigenvalue weighted by Crippen LogP contribution is -2.57. The summed E-state index contributed by atoms with van der Waals surface area (Å²) < 4.78 is 0. The molecule has 9 heteroatoms. The fourth-order valence-corrected chi connectivity index (χ4v) is 6.74. The van der Waals surface area contributed by atoms with E-state index in [1.165, 1.54) is 12.8 Å². The highest BCUT2D eigenvalue weighted by Gasteiger charge is 2.46. The van der Waals surface area contributed by atoms with Gasteiger partial charge < -0.3 is 5.32 Å². The molecule has 3 unspecified atom stereocenters. The zero-order valence-electron chi connectivity index (χ0n) is 19.3. The third kappa shape index (κ3) is 3.57. The van der Waals surface area contributed by atoms with Crippen molar-refractivity contribution in [3.05, 3.63) is 34.9 Å². The third-order valence-electron chi connectivity index (χ3n) is 8.36. The molecule has 0 spiro atoms. The number of nitrogens with zero attached hydrogens (tertiary/aromatic N) is 3. The fourth-order valence-electron chi connectivity index (χ4n) is 6.74. The molecule has 4 saturated heterocycles. The topological polar surface area (TPSA) is 102 Å². The summed E-state index contributed by atoms with van der Waals surface area (Å²) >= 11 is 0. The van der Waals surface area contributed by atoms with Gasteiger partial charge >= 0.3 is 0 Å². The van der Waals surface area contributed by atoms with Crippen LogP contribution in [-0.4, -0.2) is 88.7 Å². The Morgan fingerprint density at radius 1 is 0.853 bits per heavy atom. The lowest BCUT2D eigenvalue weighted by Gasteiger charge is -2.44. The number of piperazine rings is 1. The van der Waals surface area contributed by atoms with E-state index in [-0.39, 0.29) is 18.7 Å². The molecular weight excluding hydrogens is 434 g/mol. The number of carbonyl (C=O) groups is 4. The minimum Gasteiger partial charge on any atom is -0.314 e. The Kier molecular flexibility index (Phi) is 5.50. The monoisotopic (exact) mass is 465 g/mol. The third-order valence-corrected chi connectivity index (χ3v) is 8.36. The van der Waals surface area contributed by atoms with E-state index in [2.05, 4.69) is 20.4 Å². The molecule has 0 aliphatic carbocycles. The maximum absolute atomic E-state index is 13.3. The highest BCUT2D eigenvalue weighted by atomic mass is 16.2. The van der Waals surface area contributed by atoms with Crippen LogP contribution in [0.5, 0.6) is 0 Å². The molecule has 1 aromatic carbocycles. The van der Waals surface area contributed by atoms with Crippen LogP contribution in [0.3, 0.4) is 0 Å². The van der Waals surface area contributed by atoms with E-state index in [0.29, 0.717) is 35.8 Å². The van der Waals surface area contributed by atoms with Crippen LogP contribution in [0, 0.1) is 0 Å². The lowest BCUT2D eigenvalue weighted by atomic mass is 9.98. The number of nitrogens with one attached hydrogen (secondary N) is 2. The van der Waals surface area contributed by atoms with Crippen molar-refractivity contribution < 1.29 is 19.2 Å². The maximum atomic E-state index is 13.3. The fraction of sp³-hybridized carbons (Fsp3) is 0.600. The summed E-state index contributed by atoms with van der Waals surface area (Å²) in [5.41, 5.74) is 1.62. The van der Waals surface area contributed by atoms with Gasteiger partial charge in [0.05, 0.1) is 11.1 Å². The number of piperidine rings is 2. The number of hydrogen-bond acceptors (Lipinski definition) is 7. The van der Waals surface area contributed by atoms with Gasteiger partial charge in [-0.3, -0.25) is 39.2 Å². The Hall–Kier alpha value is -2.62. The van der Waals surface area contributed by atoms with Gasteiger partial charge in [0.2, 0.25) is 11.8 Å². The van der Waals surface area contributed by atoms with E-state index in [0.717, 1.165) is 49.5 Å². The molecule has 5 aliphatic heterocycles. The molecule has 4 fully saturated rings. The molecular formula is C25H31N5O4. The molecule has 6 rings (SSSR count). The molecule has 0 aromatic heterocycles. The number of imide groups is 2. The first kappa shape index (κ1) is 21.9. The summed E-state index contributed by atoms with van der Waals surface area (Å²) in [4.78, 5) is 56.5. The van der Waals surface area contributed by atoms with Crippen molar-refractivity contribution in [1.82, 2.24) is 25.3 Å². The highest BCUT2D eigenvalue weighted by Crippen LogP contribution is 2.34. The van der Waals surface area contributed by atoms with E-state index in [9.17, 15) is 19.2 Å². The van der Waals surface area contributed by atoms with E-state index in [1.54, 1.807) is 6.07 Å². The van der Waals surface area contributed by atoms with Gasteiger partial charge in [-0.25, -0.2) is 0 Å². The molecule has 2 bridgehead atoms. The zero-order valence-corrected chi connectivity index (χ0v) is 19.3. The van der Waals surface area contributed by atoms with Gasteiger partial charge in [0.15, 0.2) is 0 Å².